The maximum absolute atomic E-state index is 13.7. The lowest BCUT2D eigenvalue weighted by Gasteiger charge is -2.26. The van der Waals surface area contributed by atoms with Gasteiger partial charge in [0.05, 0.1) is 18.6 Å². The quantitative estimate of drug-likeness (QED) is 0.202. The Hall–Kier alpha value is -4.03. The van der Waals surface area contributed by atoms with Crippen LogP contribution in [0.25, 0.3) is 0 Å². The summed E-state index contributed by atoms with van der Waals surface area (Å²) >= 11 is 1.58. The smallest absolute Gasteiger partial charge is 0.258 e. The Morgan fingerprint density at radius 1 is 0.872 bits per heavy atom. The van der Waals surface area contributed by atoms with Gasteiger partial charge in [-0.3, -0.25) is 14.5 Å². The highest BCUT2D eigenvalue weighted by molar-refractivity contribution is 8.00. The molecule has 0 saturated carbocycles. The predicted molar refractivity (Wildman–Crippen MR) is 160 cm³/mol. The van der Waals surface area contributed by atoms with Crippen LogP contribution in [-0.2, 0) is 11.2 Å². The molecule has 198 valence electrons. The van der Waals surface area contributed by atoms with Gasteiger partial charge < -0.3 is 9.64 Å². The number of ether oxygens (including phenoxy) is 1. The number of rotatable bonds is 10. The van der Waals surface area contributed by atoms with Crippen LogP contribution in [0.2, 0.25) is 0 Å². The van der Waals surface area contributed by atoms with E-state index in [2.05, 4.69) is 24.3 Å². The summed E-state index contributed by atoms with van der Waals surface area (Å²) < 4.78 is 5.52. The second-order valence-corrected chi connectivity index (χ2v) is 10.5. The minimum absolute atomic E-state index is 0.0239. The summed E-state index contributed by atoms with van der Waals surface area (Å²) in [6.07, 6.45) is 2.90. The Bertz CT molecular complexity index is 1390. The second-order valence-electron chi connectivity index (χ2n) is 9.46. The number of methoxy groups -OCH3 is 1. The number of benzene rings is 4. The number of hydrogen-bond donors (Lipinski definition) is 0. The van der Waals surface area contributed by atoms with Gasteiger partial charge in [0, 0.05) is 17.8 Å². The molecule has 2 amide bonds. The van der Waals surface area contributed by atoms with Crippen molar-refractivity contribution in [2.45, 2.75) is 24.6 Å². The molecule has 1 aliphatic heterocycles. The number of thioether (sulfide) groups is 1. The van der Waals surface area contributed by atoms with Crippen LogP contribution >= 0.6 is 11.8 Å². The van der Waals surface area contributed by atoms with Gasteiger partial charge in [-0.2, -0.15) is 0 Å². The second kappa shape index (κ2) is 12.7. The highest BCUT2D eigenvalue weighted by Crippen LogP contribution is 2.44. The van der Waals surface area contributed by atoms with E-state index in [0.717, 1.165) is 36.2 Å². The van der Waals surface area contributed by atoms with Gasteiger partial charge in [-0.25, -0.2) is 0 Å². The molecule has 1 heterocycles. The summed E-state index contributed by atoms with van der Waals surface area (Å²) in [5, 5.41) is -0.179. The van der Waals surface area contributed by atoms with E-state index in [0.29, 0.717) is 23.6 Å². The van der Waals surface area contributed by atoms with Gasteiger partial charge in [-0.15, -0.1) is 11.8 Å². The fourth-order valence-corrected chi connectivity index (χ4v) is 6.07. The minimum atomic E-state index is -0.179. The van der Waals surface area contributed by atoms with E-state index in [1.165, 1.54) is 5.56 Å². The topological polar surface area (TPSA) is 49.9 Å². The van der Waals surface area contributed by atoms with E-state index in [1.807, 2.05) is 89.8 Å². The number of para-hydroxylation sites is 3. The summed E-state index contributed by atoms with van der Waals surface area (Å²) in [7, 11) is 1.61. The molecule has 1 unspecified atom stereocenters. The fraction of sp³-hybridized carbons (Fsp3) is 0.212. The molecule has 0 spiro atoms. The van der Waals surface area contributed by atoms with Crippen LogP contribution in [0.4, 0.5) is 11.4 Å². The number of aryl methyl sites for hydroxylation is 1. The molecule has 5 nitrogen and oxygen atoms in total. The molecule has 4 aromatic rings. The van der Waals surface area contributed by atoms with E-state index >= 15 is 0 Å². The predicted octanol–water partition coefficient (Wildman–Crippen LogP) is 7.14. The van der Waals surface area contributed by atoms with Crippen LogP contribution in [0.3, 0.4) is 0 Å². The third kappa shape index (κ3) is 6.18. The zero-order valence-corrected chi connectivity index (χ0v) is 22.8. The molecular formula is C33H32N2O3S. The molecule has 1 atom stereocenters. The van der Waals surface area contributed by atoms with Crippen molar-refractivity contribution in [2.75, 3.05) is 29.2 Å². The molecule has 39 heavy (non-hydrogen) atoms. The zero-order chi connectivity index (χ0) is 27.0. The number of amides is 2. The van der Waals surface area contributed by atoms with Crippen molar-refractivity contribution in [3.8, 4) is 5.75 Å². The van der Waals surface area contributed by atoms with Gasteiger partial charge in [0.15, 0.2) is 0 Å². The zero-order valence-electron chi connectivity index (χ0n) is 22.0. The molecule has 4 aromatic carbocycles. The molecule has 1 saturated heterocycles. The Balaban J connectivity index is 1.32. The molecule has 6 heteroatoms. The monoisotopic (exact) mass is 536 g/mol. The molecule has 1 aliphatic rings. The van der Waals surface area contributed by atoms with E-state index in [1.54, 1.807) is 23.8 Å². The van der Waals surface area contributed by atoms with Crippen molar-refractivity contribution in [3.63, 3.8) is 0 Å². The van der Waals surface area contributed by atoms with Crippen LogP contribution in [0.1, 0.15) is 39.7 Å². The number of anilines is 2. The number of nitrogens with zero attached hydrogens (tertiary/aromatic N) is 2. The van der Waals surface area contributed by atoms with Crippen molar-refractivity contribution in [1.82, 2.24) is 0 Å². The van der Waals surface area contributed by atoms with E-state index in [-0.39, 0.29) is 17.2 Å². The van der Waals surface area contributed by atoms with Crippen molar-refractivity contribution >= 4 is 35.0 Å². The minimum Gasteiger partial charge on any atom is -0.495 e. The Morgan fingerprint density at radius 3 is 2.26 bits per heavy atom. The van der Waals surface area contributed by atoms with E-state index < -0.39 is 0 Å². The maximum Gasteiger partial charge on any atom is 0.258 e. The van der Waals surface area contributed by atoms with Gasteiger partial charge in [0.2, 0.25) is 5.91 Å². The number of carbonyl (C=O) groups is 2. The lowest BCUT2D eigenvalue weighted by atomic mass is 10.1. The first-order chi connectivity index (χ1) is 19.2. The molecule has 0 N–H and O–H groups in total. The van der Waals surface area contributed by atoms with Crippen molar-refractivity contribution in [3.05, 3.63) is 126 Å². The summed E-state index contributed by atoms with van der Waals surface area (Å²) in [6, 6.07) is 35.5. The highest BCUT2D eigenvalue weighted by atomic mass is 32.2. The molecule has 1 fully saturated rings. The fourth-order valence-electron chi connectivity index (χ4n) is 4.91. The average molecular weight is 537 g/mol. The van der Waals surface area contributed by atoms with Crippen LogP contribution in [-0.4, -0.2) is 31.2 Å². The van der Waals surface area contributed by atoms with E-state index in [9.17, 15) is 9.59 Å². The first-order valence-corrected chi connectivity index (χ1v) is 14.3. The molecule has 0 bridgehead atoms. The van der Waals surface area contributed by atoms with Crippen molar-refractivity contribution in [1.29, 1.82) is 0 Å². The first-order valence-electron chi connectivity index (χ1n) is 13.2. The maximum atomic E-state index is 13.7. The van der Waals surface area contributed by atoms with Gasteiger partial charge in [-0.1, -0.05) is 72.8 Å². The van der Waals surface area contributed by atoms with Crippen LogP contribution < -0.4 is 14.5 Å². The first kappa shape index (κ1) is 26.6. The molecule has 0 aliphatic carbocycles. The molecule has 0 aromatic heterocycles. The third-order valence-corrected chi connectivity index (χ3v) is 8.12. The Kier molecular flexibility index (Phi) is 8.64. The van der Waals surface area contributed by atoms with Crippen molar-refractivity contribution < 1.29 is 14.3 Å². The SMILES string of the molecule is COc1ccccc1N1C(=O)CSC1c1ccc(C(=O)N(CCCCc2ccccc2)c2ccccc2)cc1. The van der Waals surface area contributed by atoms with Crippen LogP contribution in [0.15, 0.2) is 109 Å². The number of carbonyl (C=O) groups excluding carboxylic acids is 2. The van der Waals surface area contributed by atoms with Gasteiger partial charge in [-0.05, 0) is 66.8 Å². The largest absolute Gasteiger partial charge is 0.495 e. The highest BCUT2D eigenvalue weighted by Gasteiger charge is 2.35. The summed E-state index contributed by atoms with van der Waals surface area (Å²) in [5.74, 6) is 1.08. The van der Waals surface area contributed by atoms with E-state index in [4.69, 9.17) is 4.74 Å². The average Bonchev–Trinajstić information content (AvgIpc) is 3.38. The number of hydrogen-bond acceptors (Lipinski definition) is 4. The molecular weight excluding hydrogens is 504 g/mol. The summed E-state index contributed by atoms with van der Waals surface area (Å²) in [6.45, 7) is 0.645. The van der Waals surface area contributed by atoms with Crippen LogP contribution in [0.5, 0.6) is 5.75 Å². The third-order valence-electron chi connectivity index (χ3n) is 6.91. The lowest BCUT2D eigenvalue weighted by molar-refractivity contribution is -0.115. The standard InChI is InChI=1S/C33H32N2O3S/c1-38-30-18-9-8-17-29(30)35-31(36)24-39-33(35)27-21-19-26(20-22-27)32(37)34(28-15-6-3-7-16-28)23-11-10-14-25-12-4-2-5-13-25/h2-9,12-13,15-22,33H,10-11,14,23-24H2,1H3. The van der Waals surface area contributed by atoms with Crippen molar-refractivity contribution in [2.24, 2.45) is 0 Å². The summed E-state index contributed by atoms with van der Waals surface area (Å²) in [4.78, 5) is 30.2. The van der Waals surface area contributed by atoms with Gasteiger partial charge in [0.25, 0.3) is 5.91 Å². The normalized spacial score (nSPS) is 14.8. The van der Waals surface area contributed by atoms with Gasteiger partial charge in [0.1, 0.15) is 11.1 Å². The van der Waals surface area contributed by atoms with Gasteiger partial charge >= 0.3 is 0 Å². The van der Waals surface area contributed by atoms with Crippen LogP contribution in [0, 0.1) is 0 Å². The Labute approximate surface area is 234 Å². The summed E-state index contributed by atoms with van der Waals surface area (Å²) in [5.41, 5.74) is 4.57. The Morgan fingerprint density at radius 2 is 1.54 bits per heavy atom. The number of unbranched alkanes of at least 4 members (excludes halogenated alkanes) is 1. The molecule has 5 rings (SSSR count). The lowest BCUT2D eigenvalue weighted by Crippen LogP contribution is -2.32. The molecule has 0 radical (unpaired) electrons.